The maximum absolute atomic E-state index is 13.8. The highest BCUT2D eigenvalue weighted by molar-refractivity contribution is 7.79. The summed E-state index contributed by atoms with van der Waals surface area (Å²) < 4.78 is 0. The van der Waals surface area contributed by atoms with Crippen molar-refractivity contribution in [1.29, 1.82) is 5.26 Å². The van der Waals surface area contributed by atoms with Gasteiger partial charge in [0.2, 0.25) is 0 Å². The van der Waals surface area contributed by atoms with E-state index in [0.717, 1.165) is 41.6 Å². The molecule has 0 aliphatic heterocycles. The number of pyridine rings is 1. The van der Waals surface area contributed by atoms with Crippen molar-refractivity contribution in [1.82, 2.24) is 4.98 Å². The fourth-order valence-electron chi connectivity index (χ4n) is 4.15. The number of hydrogen-bond donors (Lipinski definition) is 0. The lowest BCUT2D eigenvalue weighted by Gasteiger charge is -2.49. The summed E-state index contributed by atoms with van der Waals surface area (Å²) in [4.78, 5) is 21.8. The minimum Gasteiger partial charge on any atom is -0.323 e. The zero-order valence-corrected chi connectivity index (χ0v) is 17.8. The molecule has 1 aromatic heterocycles. The fourth-order valence-corrected chi connectivity index (χ4v) is 4.47. The monoisotopic (exact) mass is 414 g/mol. The molecule has 0 N–H and O–H groups in total. The second kappa shape index (κ2) is 7.85. The summed E-state index contributed by atoms with van der Waals surface area (Å²) in [6.07, 6.45) is 4.11. The lowest BCUT2D eigenvalue weighted by atomic mass is 9.74. The number of aromatic nitrogens is 1. The number of hydrogen-bond acceptors (Lipinski definition) is 4. The molecule has 0 bridgehead atoms. The quantitative estimate of drug-likeness (QED) is 0.563. The Morgan fingerprint density at radius 3 is 2.53 bits per heavy atom. The number of carbonyl (C=O) groups excluding carboxylic acids is 1. The van der Waals surface area contributed by atoms with Crippen molar-refractivity contribution in [2.24, 2.45) is 0 Å². The number of nitrogens with zero attached hydrogens (tertiary/aromatic N) is 4. The molecule has 150 valence electrons. The van der Waals surface area contributed by atoms with E-state index in [-0.39, 0.29) is 5.91 Å². The van der Waals surface area contributed by atoms with Crippen LogP contribution in [0.3, 0.4) is 0 Å². The average molecular weight is 415 g/mol. The number of fused-ring (bicyclic) bond motifs is 1. The summed E-state index contributed by atoms with van der Waals surface area (Å²) in [7, 11) is 1.78. The van der Waals surface area contributed by atoms with Gasteiger partial charge in [-0.3, -0.25) is 9.78 Å². The third-order valence-electron chi connectivity index (χ3n) is 5.99. The number of anilines is 2. The summed E-state index contributed by atoms with van der Waals surface area (Å²) in [6, 6.07) is 17.5. The van der Waals surface area contributed by atoms with E-state index in [9.17, 15) is 10.1 Å². The molecule has 0 saturated heterocycles. The van der Waals surface area contributed by atoms with Gasteiger partial charge in [-0.15, -0.1) is 0 Å². The van der Waals surface area contributed by atoms with Crippen LogP contribution in [-0.4, -0.2) is 29.0 Å². The Bertz CT molecular complexity index is 1160. The predicted octanol–water partition coefficient (Wildman–Crippen LogP) is 4.76. The summed E-state index contributed by atoms with van der Waals surface area (Å²) in [6.45, 7) is 2.04. The lowest BCUT2D eigenvalue weighted by Crippen LogP contribution is -2.63. The second-order valence-electron chi connectivity index (χ2n) is 7.70. The molecule has 5 nitrogen and oxygen atoms in total. The summed E-state index contributed by atoms with van der Waals surface area (Å²) >= 11 is 5.35. The minimum absolute atomic E-state index is 0.00899. The molecule has 0 unspecified atom stereocenters. The number of thiocarbonyl (C=S) groups is 1. The van der Waals surface area contributed by atoms with Crippen LogP contribution in [0.1, 0.15) is 30.4 Å². The van der Waals surface area contributed by atoms with E-state index in [1.165, 1.54) is 0 Å². The second-order valence-corrected chi connectivity index (χ2v) is 7.91. The van der Waals surface area contributed by atoms with Crippen LogP contribution < -0.4 is 9.80 Å². The topological polar surface area (TPSA) is 60.2 Å². The zero-order valence-electron chi connectivity index (χ0n) is 17.0. The number of rotatable bonds is 5. The van der Waals surface area contributed by atoms with Crippen LogP contribution in [0.4, 0.5) is 11.4 Å². The van der Waals surface area contributed by atoms with E-state index in [4.69, 9.17) is 12.2 Å². The van der Waals surface area contributed by atoms with Crippen molar-refractivity contribution in [3.05, 3.63) is 65.9 Å². The molecule has 0 radical (unpaired) electrons. The van der Waals surface area contributed by atoms with Crippen molar-refractivity contribution >= 4 is 45.9 Å². The zero-order chi connectivity index (χ0) is 21.3. The molecule has 1 aliphatic carbocycles. The maximum Gasteiger partial charge on any atom is 0.252 e. The van der Waals surface area contributed by atoms with Crippen molar-refractivity contribution in [3.63, 3.8) is 0 Å². The Hall–Kier alpha value is -3.30. The fraction of sp³-hybridized carbons (Fsp3) is 0.250. The lowest BCUT2D eigenvalue weighted by molar-refractivity contribution is -0.125. The van der Waals surface area contributed by atoms with Crippen LogP contribution in [0.2, 0.25) is 0 Å². The van der Waals surface area contributed by atoms with Gasteiger partial charge in [-0.25, -0.2) is 0 Å². The highest BCUT2D eigenvalue weighted by Crippen LogP contribution is 2.42. The third-order valence-corrected chi connectivity index (χ3v) is 6.20. The Balaban J connectivity index is 1.76. The van der Waals surface area contributed by atoms with Crippen LogP contribution in [0, 0.1) is 18.3 Å². The first-order valence-electron chi connectivity index (χ1n) is 9.89. The first-order chi connectivity index (χ1) is 14.5. The molecule has 0 spiro atoms. The Morgan fingerprint density at radius 1 is 1.20 bits per heavy atom. The molecule has 2 aromatic carbocycles. The number of nitriles is 1. The van der Waals surface area contributed by atoms with Gasteiger partial charge in [0.1, 0.15) is 11.6 Å². The smallest absolute Gasteiger partial charge is 0.252 e. The van der Waals surface area contributed by atoms with Gasteiger partial charge >= 0.3 is 0 Å². The molecule has 0 atom stereocenters. The molecule has 30 heavy (non-hydrogen) atoms. The Morgan fingerprint density at radius 2 is 1.93 bits per heavy atom. The van der Waals surface area contributed by atoms with Crippen molar-refractivity contribution in [2.75, 3.05) is 16.8 Å². The molecular weight excluding hydrogens is 392 g/mol. The maximum atomic E-state index is 13.8. The first-order valence-corrected chi connectivity index (χ1v) is 10.4. The van der Waals surface area contributed by atoms with E-state index in [1.54, 1.807) is 29.7 Å². The van der Waals surface area contributed by atoms with Crippen LogP contribution >= 0.6 is 12.2 Å². The van der Waals surface area contributed by atoms with Crippen molar-refractivity contribution in [3.8, 4) is 6.07 Å². The molecule has 3 aromatic rings. The summed E-state index contributed by atoms with van der Waals surface area (Å²) in [5.74, 6) is -0.00899. The largest absolute Gasteiger partial charge is 0.323 e. The highest BCUT2D eigenvalue weighted by atomic mass is 32.1. The van der Waals surface area contributed by atoms with E-state index < -0.39 is 5.54 Å². The number of benzene rings is 2. The minimum atomic E-state index is -0.700. The van der Waals surface area contributed by atoms with Crippen LogP contribution in [0.15, 0.2) is 54.7 Å². The van der Waals surface area contributed by atoms with Gasteiger partial charge in [-0.1, -0.05) is 29.9 Å². The SMILES string of the molecule is Cc1ccc(N(C=S)C2(C(=O)N(C)c3ccc(C#N)c4ncccc34)CCC2)cc1. The van der Waals surface area contributed by atoms with E-state index >= 15 is 0 Å². The van der Waals surface area contributed by atoms with Crippen LogP contribution in [0.5, 0.6) is 0 Å². The van der Waals surface area contributed by atoms with Gasteiger partial charge in [-0.2, -0.15) is 5.26 Å². The Labute approximate surface area is 181 Å². The van der Waals surface area contributed by atoms with Crippen molar-refractivity contribution < 1.29 is 4.79 Å². The molecule has 6 heteroatoms. The van der Waals surface area contributed by atoms with Gasteiger partial charge in [0.05, 0.1) is 22.3 Å². The third kappa shape index (κ3) is 3.12. The van der Waals surface area contributed by atoms with Crippen LogP contribution in [0.25, 0.3) is 10.9 Å². The number of amides is 1. The number of carbonyl (C=O) groups is 1. The molecular formula is C24H22N4OS. The highest BCUT2D eigenvalue weighted by Gasteiger charge is 2.50. The Kier molecular flexibility index (Phi) is 5.23. The molecule has 1 fully saturated rings. The van der Waals surface area contributed by atoms with E-state index in [0.29, 0.717) is 11.1 Å². The normalized spacial score (nSPS) is 14.4. The van der Waals surface area contributed by atoms with Crippen molar-refractivity contribution in [2.45, 2.75) is 31.7 Å². The standard InChI is InChI=1S/C24H22N4OS/c1-17-6-9-19(10-7-17)28(16-30)24(12-4-13-24)23(29)27(2)21-11-8-18(15-25)22-20(21)5-3-14-26-22/h3,5-11,14,16H,4,12-13H2,1-2H3. The predicted molar refractivity (Wildman–Crippen MR) is 124 cm³/mol. The molecule has 1 amide bonds. The van der Waals surface area contributed by atoms with Gasteiger partial charge in [0, 0.05) is 24.3 Å². The van der Waals surface area contributed by atoms with Gasteiger partial charge in [-0.05, 0) is 62.6 Å². The molecule has 4 rings (SSSR count). The summed E-state index contributed by atoms with van der Waals surface area (Å²) in [5, 5.41) is 10.2. The van der Waals surface area contributed by atoms with E-state index in [2.05, 4.69) is 11.1 Å². The van der Waals surface area contributed by atoms with Crippen LogP contribution in [-0.2, 0) is 4.79 Å². The van der Waals surface area contributed by atoms with Gasteiger partial charge in [0.15, 0.2) is 0 Å². The van der Waals surface area contributed by atoms with Gasteiger partial charge < -0.3 is 9.80 Å². The average Bonchev–Trinajstić information content (AvgIpc) is 2.75. The number of aryl methyl sites for hydroxylation is 1. The number of likely N-dealkylation sites (N-methyl/N-ethyl adjacent to an activating group) is 1. The molecule has 1 heterocycles. The first kappa shape index (κ1) is 20.0. The molecule has 1 aliphatic rings. The summed E-state index contributed by atoms with van der Waals surface area (Å²) in [5.41, 5.74) is 4.80. The van der Waals surface area contributed by atoms with E-state index in [1.807, 2.05) is 54.3 Å². The van der Waals surface area contributed by atoms with Gasteiger partial charge in [0.25, 0.3) is 5.91 Å². The molecule has 1 saturated carbocycles.